The lowest BCUT2D eigenvalue weighted by molar-refractivity contribution is -0.124. The van der Waals surface area contributed by atoms with E-state index in [0.29, 0.717) is 10.8 Å². The molecule has 1 heterocycles. The van der Waals surface area contributed by atoms with Crippen LogP contribution in [0.1, 0.15) is 48.5 Å². The van der Waals surface area contributed by atoms with Gasteiger partial charge < -0.3 is 5.11 Å². The lowest BCUT2D eigenvalue weighted by atomic mass is 9.85. The summed E-state index contributed by atoms with van der Waals surface area (Å²) >= 11 is 1.39. The molecule has 1 aliphatic carbocycles. The Labute approximate surface area is 180 Å². The Bertz CT molecular complexity index is 999. The number of nitrogens with zero attached hydrogens (tertiary/aromatic N) is 2. The molecule has 0 spiro atoms. The summed E-state index contributed by atoms with van der Waals surface area (Å²) in [6.45, 7) is 2.22. The summed E-state index contributed by atoms with van der Waals surface area (Å²) in [4.78, 5) is 31.8. The number of benzene rings is 2. The summed E-state index contributed by atoms with van der Waals surface area (Å²) in [5.74, 6) is -0.551. The molecule has 2 aromatic carbocycles. The third-order valence-corrected chi connectivity index (χ3v) is 6.65. The highest BCUT2D eigenvalue weighted by Crippen LogP contribution is 2.40. The van der Waals surface area contributed by atoms with Gasteiger partial charge in [-0.3, -0.25) is 9.69 Å². The number of carboxylic acids is 1. The van der Waals surface area contributed by atoms with Gasteiger partial charge in [0.25, 0.3) is 5.91 Å². The number of amides is 1. The van der Waals surface area contributed by atoms with Crippen molar-refractivity contribution in [1.82, 2.24) is 4.90 Å². The van der Waals surface area contributed by atoms with Crippen LogP contribution in [0.4, 0.5) is 5.69 Å². The van der Waals surface area contributed by atoms with Crippen molar-refractivity contribution >= 4 is 40.6 Å². The van der Waals surface area contributed by atoms with Crippen molar-refractivity contribution in [2.75, 3.05) is 0 Å². The molecule has 2 atom stereocenters. The molecule has 0 radical (unpaired) electrons. The first kappa shape index (κ1) is 20.4. The lowest BCUT2D eigenvalue weighted by Crippen LogP contribution is -2.44. The molecule has 5 nitrogen and oxygen atoms in total. The molecule has 6 heteroatoms. The number of hydrogen-bond donors (Lipinski definition) is 1. The summed E-state index contributed by atoms with van der Waals surface area (Å²) < 4.78 is 0. The minimum absolute atomic E-state index is 0.0178. The molecule has 1 aliphatic heterocycles. The van der Waals surface area contributed by atoms with Gasteiger partial charge in [-0.2, -0.15) is 0 Å². The molecule has 2 aromatic rings. The first-order chi connectivity index (χ1) is 14.5. The van der Waals surface area contributed by atoms with Gasteiger partial charge in [0.1, 0.15) is 0 Å². The van der Waals surface area contributed by atoms with Crippen molar-refractivity contribution in [2.24, 2.45) is 10.9 Å². The Balaban J connectivity index is 1.69. The monoisotopic (exact) mass is 420 g/mol. The minimum atomic E-state index is -0.963. The van der Waals surface area contributed by atoms with Gasteiger partial charge in [0.2, 0.25) is 0 Å². The van der Waals surface area contributed by atoms with E-state index in [-0.39, 0.29) is 17.5 Å². The van der Waals surface area contributed by atoms with Crippen LogP contribution in [0, 0.1) is 5.92 Å². The number of thioether (sulfide) groups is 1. The minimum Gasteiger partial charge on any atom is -0.478 e. The fourth-order valence-electron chi connectivity index (χ4n) is 4.02. The Kier molecular flexibility index (Phi) is 6.04. The van der Waals surface area contributed by atoms with Gasteiger partial charge in [-0.25, -0.2) is 9.79 Å². The molecular weight excluding hydrogens is 396 g/mol. The molecule has 154 valence electrons. The molecule has 1 saturated carbocycles. The first-order valence-electron chi connectivity index (χ1n) is 10.2. The summed E-state index contributed by atoms with van der Waals surface area (Å²) in [7, 11) is 0. The third-order valence-electron chi connectivity index (χ3n) is 5.67. The SMILES string of the molecule is C[C@H]1CCCC[C@H]1N1C(=O)/C(=C/c2ccc(C(=O)O)cc2)SC1=Nc1ccccc1. The highest BCUT2D eigenvalue weighted by Gasteiger charge is 2.41. The van der Waals surface area contributed by atoms with Gasteiger partial charge in [-0.1, -0.05) is 50.1 Å². The van der Waals surface area contributed by atoms with E-state index >= 15 is 0 Å². The number of carbonyl (C=O) groups is 2. The number of aliphatic imine (C=N–C) groups is 1. The van der Waals surface area contributed by atoms with Crippen LogP contribution in [0.5, 0.6) is 0 Å². The molecule has 2 aliphatic rings. The molecule has 1 N–H and O–H groups in total. The zero-order valence-corrected chi connectivity index (χ0v) is 17.6. The summed E-state index contributed by atoms with van der Waals surface area (Å²) in [5.41, 5.74) is 1.85. The van der Waals surface area contributed by atoms with Crippen LogP contribution in [0.3, 0.4) is 0 Å². The van der Waals surface area contributed by atoms with Crippen molar-refractivity contribution in [3.8, 4) is 0 Å². The fourth-order valence-corrected chi connectivity index (χ4v) is 5.07. The van der Waals surface area contributed by atoms with Crippen LogP contribution >= 0.6 is 11.8 Å². The second-order valence-electron chi connectivity index (χ2n) is 7.77. The van der Waals surface area contributed by atoms with Crippen molar-refractivity contribution < 1.29 is 14.7 Å². The molecule has 4 rings (SSSR count). The number of para-hydroxylation sites is 1. The predicted molar refractivity (Wildman–Crippen MR) is 121 cm³/mol. The Morgan fingerprint density at radius 2 is 1.80 bits per heavy atom. The summed E-state index contributed by atoms with van der Waals surface area (Å²) in [6, 6.07) is 16.4. The van der Waals surface area contributed by atoms with Gasteiger partial charge >= 0.3 is 5.97 Å². The van der Waals surface area contributed by atoms with Crippen LogP contribution in [0.2, 0.25) is 0 Å². The topological polar surface area (TPSA) is 70.0 Å². The maximum Gasteiger partial charge on any atom is 0.335 e. The van der Waals surface area contributed by atoms with Gasteiger partial charge in [0, 0.05) is 6.04 Å². The maximum absolute atomic E-state index is 13.4. The highest BCUT2D eigenvalue weighted by molar-refractivity contribution is 8.18. The lowest BCUT2D eigenvalue weighted by Gasteiger charge is -2.35. The molecule has 1 saturated heterocycles. The van der Waals surface area contributed by atoms with Gasteiger partial charge in [-0.05, 0) is 66.4 Å². The predicted octanol–water partition coefficient (Wildman–Crippen LogP) is 5.57. The van der Waals surface area contributed by atoms with Crippen molar-refractivity contribution in [3.63, 3.8) is 0 Å². The number of aromatic carboxylic acids is 1. The number of hydrogen-bond acceptors (Lipinski definition) is 4. The van der Waals surface area contributed by atoms with Crippen molar-refractivity contribution in [3.05, 3.63) is 70.6 Å². The van der Waals surface area contributed by atoms with E-state index in [4.69, 9.17) is 10.1 Å². The van der Waals surface area contributed by atoms with Crippen LogP contribution < -0.4 is 0 Å². The zero-order chi connectivity index (χ0) is 21.1. The standard InChI is InChI=1S/C24H24N2O3S/c1-16-7-5-6-10-20(16)26-22(27)21(15-17-11-13-18(14-12-17)23(28)29)30-24(26)25-19-8-3-2-4-9-19/h2-4,8-9,11-16,20H,5-7,10H2,1H3,(H,28,29)/b21-15-,25-24?/t16-,20+/m0/s1. The Hall–Kier alpha value is -2.86. The van der Waals surface area contributed by atoms with Gasteiger partial charge in [-0.15, -0.1) is 0 Å². The highest BCUT2D eigenvalue weighted by atomic mass is 32.2. The number of rotatable bonds is 4. The van der Waals surface area contributed by atoms with Gasteiger partial charge in [0.05, 0.1) is 16.2 Å². The van der Waals surface area contributed by atoms with Gasteiger partial charge in [0.15, 0.2) is 5.17 Å². The van der Waals surface area contributed by atoms with E-state index in [0.717, 1.165) is 35.7 Å². The second-order valence-corrected chi connectivity index (χ2v) is 8.78. The van der Waals surface area contributed by atoms with E-state index < -0.39 is 5.97 Å². The van der Waals surface area contributed by atoms with E-state index in [2.05, 4.69) is 6.92 Å². The molecule has 0 bridgehead atoms. The number of amidine groups is 1. The number of carbonyl (C=O) groups excluding carboxylic acids is 1. The molecule has 0 unspecified atom stereocenters. The van der Waals surface area contributed by atoms with E-state index in [9.17, 15) is 9.59 Å². The van der Waals surface area contributed by atoms with Crippen LogP contribution in [0.25, 0.3) is 6.08 Å². The quantitative estimate of drug-likeness (QED) is 0.657. The molecule has 2 fully saturated rings. The van der Waals surface area contributed by atoms with Crippen LogP contribution in [-0.2, 0) is 4.79 Å². The molecule has 0 aromatic heterocycles. The van der Waals surface area contributed by atoms with Crippen molar-refractivity contribution in [2.45, 2.75) is 38.6 Å². The Morgan fingerprint density at radius 1 is 1.10 bits per heavy atom. The zero-order valence-electron chi connectivity index (χ0n) is 16.8. The fraction of sp³-hybridized carbons (Fsp3) is 0.292. The average molecular weight is 421 g/mol. The summed E-state index contributed by atoms with van der Waals surface area (Å²) in [6.07, 6.45) is 6.26. The number of carboxylic acid groups (broad SMARTS) is 1. The normalized spacial score (nSPS) is 24.6. The third kappa shape index (κ3) is 4.33. The largest absolute Gasteiger partial charge is 0.478 e. The maximum atomic E-state index is 13.4. The molecular formula is C24H24N2O3S. The Morgan fingerprint density at radius 3 is 2.47 bits per heavy atom. The van der Waals surface area contributed by atoms with Crippen molar-refractivity contribution in [1.29, 1.82) is 0 Å². The molecule has 1 amide bonds. The smallest absolute Gasteiger partial charge is 0.335 e. The first-order valence-corrected chi connectivity index (χ1v) is 11.0. The van der Waals surface area contributed by atoms with E-state index in [1.54, 1.807) is 24.3 Å². The second kappa shape index (κ2) is 8.88. The average Bonchev–Trinajstić information content (AvgIpc) is 3.04. The van der Waals surface area contributed by atoms with E-state index in [1.807, 2.05) is 41.3 Å². The molecule has 30 heavy (non-hydrogen) atoms. The van der Waals surface area contributed by atoms with Crippen LogP contribution in [-0.4, -0.2) is 33.1 Å². The van der Waals surface area contributed by atoms with E-state index in [1.165, 1.54) is 18.2 Å². The summed E-state index contributed by atoms with van der Waals surface area (Å²) in [5, 5.41) is 9.81. The van der Waals surface area contributed by atoms with Crippen LogP contribution in [0.15, 0.2) is 64.5 Å².